The summed E-state index contributed by atoms with van der Waals surface area (Å²) in [7, 11) is 0. The molecule has 0 atom stereocenters. The summed E-state index contributed by atoms with van der Waals surface area (Å²) in [5.41, 5.74) is 0.0886. The highest BCUT2D eigenvalue weighted by Gasteiger charge is 2.26. The van der Waals surface area contributed by atoms with Crippen LogP contribution < -0.4 is 10.3 Å². The summed E-state index contributed by atoms with van der Waals surface area (Å²) in [5.74, 6) is 0.648. The van der Waals surface area contributed by atoms with Crippen LogP contribution in [0.3, 0.4) is 0 Å². The van der Waals surface area contributed by atoms with Crippen LogP contribution in [-0.4, -0.2) is 39.8 Å². The van der Waals surface area contributed by atoms with E-state index >= 15 is 0 Å². The quantitative estimate of drug-likeness (QED) is 0.752. The second-order valence-electron chi connectivity index (χ2n) is 6.82. The number of aromatic nitrogens is 2. The molecule has 6 nitrogen and oxygen atoms in total. The molecule has 1 aliphatic carbocycles. The standard InChI is InChI=1S/C21H27N3O3/c1-2-23(17-9-5-3-6-10-17)21(26)19-13-14-20(25)24(22-19)15-16-27-18-11-7-4-8-12-18/h4,7-8,11-14,17H,2-3,5-6,9-10,15-16H2,1H3. The van der Waals surface area contributed by atoms with Crippen LogP contribution in [0.15, 0.2) is 47.3 Å². The summed E-state index contributed by atoms with van der Waals surface area (Å²) in [5, 5.41) is 4.30. The van der Waals surface area contributed by atoms with Gasteiger partial charge in [-0.25, -0.2) is 4.68 Å². The van der Waals surface area contributed by atoms with E-state index in [0.29, 0.717) is 25.4 Å². The van der Waals surface area contributed by atoms with Crippen molar-refractivity contribution in [2.45, 2.75) is 51.6 Å². The number of amides is 1. The van der Waals surface area contributed by atoms with Crippen LogP contribution in [-0.2, 0) is 6.54 Å². The Kier molecular flexibility index (Phi) is 6.63. The number of ether oxygens (including phenoxy) is 1. The van der Waals surface area contributed by atoms with E-state index in [2.05, 4.69) is 5.10 Å². The number of nitrogens with zero attached hydrogens (tertiary/aromatic N) is 3. The van der Waals surface area contributed by atoms with Crippen molar-refractivity contribution in [1.29, 1.82) is 0 Å². The molecule has 0 aliphatic heterocycles. The van der Waals surface area contributed by atoms with Crippen molar-refractivity contribution in [3.63, 3.8) is 0 Å². The molecular formula is C21H27N3O3. The Morgan fingerprint density at radius 1 is 1.15 bits per heavy atom. The maximum absolute atomic E-state index is 13.0. The van der Waals surface area contributed by atoms with Gasteiger partial charge in [-0.3, -0.25) is 9.59 Å². The molecule has 1 aromatic carbocycles. The number of hydrogen-bond acceptors (Lipinski definition) is 4. The summed E-state index contributed by atoms with van der Waals surface area (Å²) in [6, 6.07) is 12.6. The highest BCUT2D eigenvalue weighted by molar-refractivity contribution is 5.92. The van der Waals surface area contributed by atoms with E-state index in [1.807, 2.05) is 42.2 Å². The lowest BCUT2D eigenvalue weighted by molar-refractivity contribution is 0.0638. The minimum absolute atomic E-state index is 0.0953. The Bertz CT molecular complexity index is 798. The van der Waals surface area contributed by atoms with Gasteiger partial charge in [0.1, 0.15) is 18.1 Å². The van der Waals surface area contributed by atoms with Gasteiger partial charge in [0.25, 0.3) is 11.5 Å². The van der Waals surface area contributed by atoms with E-state index in [9.17, 15) is 9.59 Å². The SMILES string of the molecule is CCN(C(=O)c1ccc(=O)n(CCOc2ccccc2)n1)C1CCCCC1. The second kappa shape index (κ2) is 9.35. The largest absolute Gasteiger partial charge is 0.492 e. The molecule has 0 N–H and O–H groups in total. The van der Waals surface area contributed by atoms with Gasteiger partial charge < -0.3 is 9.64 Å². The number of rotatable bonds is 7. The highest BCUT2D eigenvalue weighted by Crippen LogP contribution is 2.23. The van der Waals surface area contributed by atoms with E-state index in [0.717, 1.165) is 31.4 Å². The number of carbonyl (C=O) groups excluding carboxylic acids is 1. The van der Waals surface area contributed by atoms with Gasteiger partial charge in [-0.2, -0.15) is 5.10 Å². The molecule has 144 valence electrons. The lowest BCUT2D eigenvalue weighted by Crippen LogP contribution is -2.42. The fraction of sp³-hybridized carbons (Fsp3) is 0.476. The third-order valence-corrected chi connectivity index (χ3v) is 5.02. The molecule has 27 heavy (non-hydrogen) atoms. The normalized spacial score (nSPS) is 14.7. The Morgan fingerprint density at radius 2 is 1.89 bits per heavy atom. The average molecular weight is 369 g/mol. The first-order valence-corrected chi connectivity index (χ1v) is 9.76. The number of benzene rings is 1. The van der Waals surface area contributed by atoms with Gasteiger partial charge in [0.2, 0.25) is 0 Å². The molecule has 6 heteroatoms. The molecule has 2 aromatic rings. The molecule has 1 amide bonds. The Balaban J connectivity index is 1.67. The predicted octanol–water partition coefficient (Wildman–Crippen LogP) is 3.12. The molecular weight excluding hydrogens is 342 g/mol. The maximum Gasteiger partial charge on any atom is 0.274 e. The van der Waals surface area contributed by atoms with Gasteiger partial charge in [-0.05, 0) is 38.0 Å². The van der Waals surface area contributed by atoms with Crippen molar-refractivity contribution in [2.75, 3.05) is 13.2 Å². The Labute approximate surface area is 159 Å². The first kappa shape index (κ1) is 19.1. The molecule has 0 unspecified atom stereocenters. The maximum atomic E-state index is 13.0. The second-order valence-corrected chi connectivity index (χ2v) is 6.82. The zero-order valence-electron chi connectivity index (χ0n) is 15.8. The Morgan fingerprint density at radius 3 is 2.59 bits per heavy atom. The van der Waals surface area contributed by atoms with E-state index in [-0.39, 0.29) is 17.5 Å². The van der Waals surface area contributed by atoms with Gasteiger partial charge in [0, 0.05) is 18.7 Å². The van der Waals surface area contributed by atoms with Gasteiger partial charge in [-0.1, -0.05) is 37.5 Å². The van der Waals surface area contributed by atoms with Gasteiger partial charge in [0.05, 0.1) is 6.54 Å². The molecule has 1 saturated carbocycles. The van der Waals surface area contributed by atoms with Crippen LogP contribution in [0, 0.1) is 0 Å². The average Bonchev–Trinajstić information content (AvgIpc) is 2.71. The van der Waals surface area contributed by atoms with Crippen LogP contribution in [0.1, 0.15) is 49.5 Å². The van der Waals surface area contributed by atoms with Gasteiger partial charge in [0.15, 0.2) is 0 Å². The fourth-order valence-electron chi connectivity index (χ4n) is 3.60. The van der Waals surface area contributed by atoms with Crippen LogP contribution >= 0.6 is 0 Å². The highest BCUT2D eigenvalue weighted by atomic mass is 16.5. The van der Waals surface area contributed by atoms with Crippen molar-refractivity contribution in [3.05, 3.63) is 58.5 Å². The molecule has 1 aromatic heterocycles. The number of hydrogen-bond donors (Lipinski definition) is 0. The summed E-state index contributed by atoms with van der Waals surface area (Å²) in [4.78, 5) is 26.9. The molecule has 0 spiro atoms. The topological polar surface area (TPSA) is 64.4 Å². The third-order valence-electron chi connectivity index (χ3n) is 5.02. The Hall–Kier alpha value is -2.63. The monoisotopic (exact) mass is 369 g/mol. The molecule has 1 heterocycles. The lowest BCUT2D eigenvalue weighted by Gasteiger charge is -2.33. The third kappa shape index (κ3) is 4.96. The zero-order valence-corrected chi connectivity index (χ0v) is 15.8. The van der Waals surface area contributed by atoms with E-state index in [1.165, 1.54) is 23.2 Å². The van der Waals surface area contributed by atoms with Gasteiger partial charge in [-0.15, -0.1) is 0 Å². The van der Waals surface area contributed by atoms with Crippen molar-refractivity contribution >= 4 is 5.91 Å². The fourth-order valence-corrected chi connectivity index (χ4v) is 3.60. The molecule has 3 rings (SSSR count). The van der Waals surface area contributed by atoms with Crippen LogP contribution in [0.5, 0.6) is 5.75 Å². The number of para-hydroxylation sites is 1. The predicted molar refractivity (Wildman–Crippen MR) is 104 cm³/mol. The minimum atomic E-state index is -0.232. The lowest BCUT2D eigenvalue weighted by atomic mass is 9.94. The van der Waals surface area contributed by atoms with Gasteiger partial charge >= 0.3 is 0 Å². The minimum Gasteiger partial charge on any atom is -0.492 e. The molecule has 1 aliphatic rings. The van der Waals surface area contributed by atoms with Crippen molar-refractivity contribution in [2.24, 2.45) is 0 Å². The van der Waals surface area contributed by atoms with E-state index < -0.39 is 0 Å². The number of carbonyl (C=O) groups is 1. The van der Waals surface area contributed by atoms with Crippen molar-refractivity contribution < 1.29 is 9.53 Å². The zero-order chi connectivity index (χ0) is 19.1. The molecule has 0 radical (unpaired) electrons. The van der Waals surface area contributed by atoms with Crippen LogP contribution in [0.4, 0.5) is 0 Å². The van der Waals surface area contributed by atoms with Crippen LogP contribution in [0.25, 0.3) is 0 Å². The first-order chi connectivity index (χ1) is 13.2. The summed E-state index contributed by atoms with van der Waals surface area (Å²) >= 11 is 0. The van der Waals surface area contributed by atoms with Crippen molar-refractivity contribution in [1.82, 2.24) is 14.7 Å². The van der Waals surface area contributed by atoms with E-state index in [4.69, 9.17) is 4.74 Å². The summed E-state index contributed by atoms with van der Waals surface area (Å²) < 4.78 is 6.94. The molecule has 0 saturated heterocycles. The summed E-state index contributed by atoms with van der Waals surface area (Å²) in [6.07, 6.45) is 5.66. The van der Waals surface area contributed by atoms with Crippen LogP contribution in [0.2, 0.25) is 0 Å². The molecule has 1 fully saturated rings. The molecule has 0 bridgehead atoms. The smallest absolute Gasteiger partial charge is 0.274 e. The summed E-state index contributed by atoms with van der Waals surface area (Å²) in [6.45, 7) is 3.26. The van der Waals surface area contributed by atoms with Crippen molar-refractivity contribution in [3.8, 4) is 5.75 Å². The first-order valence-electron chi connectivity index (χ1n) is 9.76. The van der Waals surface area contributed by atoms with E-state index in [1.54, 1.807) is 0 Å².